The number of nitriles is 1. The Morgan fingerprint density at radius 1 is 1.43 bits per heavy atom. The molecule has 0 saturated heterocycles. The molecule has 0 unspecified atom stereocenters. The number of rotatable bonds is 2. The van der Waals surface area contributed by atoms with Gasteiger partial charge in [0.2, 0.25) is 0 Å². The number of aliphatic carboxylic acids is 1. The molecule has 3 heteroatoms. The summed E-state index contributed by atoms with van der Waals surface area (Å²) >= 11 is 0. The van der Waals surface area contributed by atoms with Crippen LogP contribution in [-0.4, -0.2) is 11.1 Å². The first-order valence-corrected chi connectivity index (χ1v) is 4.94. The molecule has 0 aromatic heterocycles. The van der Waals surface area contributed by atoms with E-state index >= 15 is 0 Å². The molecule has 76 valence electrons. The number of allylic oxidation sites excluding steroid dienone is 1. The third-order valence-corrected chi connectivity index (χ3v) is 2.84. The molecular formula is C11H15NO2. The summed E-state index contributed by atoms with van der Waals surface area (Å²) in [6.07, 6.45) is 7.10. The molecule has 0 bridgehead atoms. The Balaban J connectivity index is 2.82. The van der Waals surface area contributed by atoms with E-state index in [-0.39, 0.29) is 11.0 Å². The fourth-order valence-corrected chi connectivity index (χ4v) is 1.99. The van der Waals surface area contributed by atoms with Crippen molar-refractivity contribution in [1.82, 2.24) is 0 Å². The van der Waals surface area contributed by atoms with Crippen molar-refractivity contribution in [2.24, 2.45) is 5.41 Å². The van der Waals surface area contributed by atoms with Gasteiger partial charge >= 0.3 is 5.97 Å². The summed E-state index contributed by atoms with van der Waals surface area (Å²) in [5, 5.41) is 17.4. The molecule has 14 heavy (non-hydrogen) atoms. The van der Waals surface area contributed by atoms with Gasteiger partial charge in [-0.25, -0.2) is 4.79 Å². The average molecular weight is 193 g/mol. The van der Waals surface area contributed by atoms with Crippen LogP contribution in [0.4, 0.5) is 0 Å². The van der Waals surface area contributed by atoms with E-state index in [9.17, 15) is 4.79 Å². The molecule has 0 aromatic rings. The highest BCUT2D eigenvalue weighted by atomic mass is 16.4. The topological polar surface area (TPSA) is 61.1 Å². The zero-order valence-electron chi connectivity index (χ0n) is 8.42. The molecule has 0 spiro atoms. The zero-order chi connectivity index (χ0) is 10.6. The van der Waals surface area contributed by atoms with Crippen molar-refractivity contribution in [1.29, 1.82) is 5.26 Å². The predicted octanol–water partition coefficient (Wildman–Crippen LogP) is 2.49. The zero-order valence-corrected chi connectivity index (χ0v) is 8.42. The van der Waals surface area contributed by atoms with Crippen molar-refractivity contribution >= 4 is 5.97 Å². The molecule has 0 radical (unpaired) electrons. The van der Waals surface area contributed by atoms with Crippen LogP contribution in [0.5, 0.6) is 0 Å². The summed E-state index contributed by atoms with van der Waals surface area (Å²) in [6.45, 7) is 2.03. The van der Waals surface area contributed by atoms with Crippen LogP contribution in [-0.2, 0) is 4.79 Å². The van der Waals surface area contributed by atoms with Crippen LogP contribution in [0.2, 0.25) is 0 Å². The van der Waals surface area contributed by atoms with Crippen molar-refractivity contribution in [2.75, 3.05) is 0 Å². The second-order valence-corrected chi connectivity index (χ2v) is 4.19. The SMILES string of the molecule is CC1(/C=C(/C#N)C(=O)O)CCCCC1. The maximum absolute atomic E-state index is 10.7. The van der Waals surface area contributed by atoms with Gasteiger partial charge in [0.15, 0.2) is 0 Å². The molecule has 0 heterocycles. The van der Waals surface area contributed by atoms with E-state index in [1.807, 2.05) is 6.92 Å². The lowest BCUT2D eigenvalue weighted by Gasteiger charge is -2.30. The second-order valence-electron chi connectivity index (χ2n) is 4.19. The van der Waals surface area contributed by atoms with Gasteiger partial charge in [-0.05, 0) is 18.3 Å². The van der Waals surface area contributed by atoms with Crippen LogP contribution >= 0.6 is 0 Å². The molecule has 1 fully saturated rings. The number of hydrogen-bond donors (Lipinski definition) is 1. The highest BCUT2D eigenvalue weighted by Crippen LogP contribution is 2.37. The third-order valence-electron chi connectivity index (χ3n) is 2.84. The minimum Gasteiger partial charge on any atom is -0.477 e. The molecule has 1 N–H and O–H groups in total. The van der Waals surface area contributed by atoms with Crippen LogP contribution in [0.3, 0.4) is 0 Å². The molecule has 0 aliphatic heterocycles. The minimum atomic E-state index is -1.11. The Labute approximate surface area is 84.0 Å². The molecule has 3 nitrogen and oxygen atoms in total. The first-order chi connectivity index (χ1) is 6.57. The van der Waals surface area contributed by atoms with Gasteiger partial charge in [0.05, 0.1) is 0 Å². The molecule has 1 saturated carbocycles. The number of nitrogens with zero attached hydrogens (tertiary/aromatic N) is 1. The van der Waals surface area contributed by atoms with Crippen LogP contribution in [0.15, 0.2) is 11.6 Å². The number of carbonyl (C=O) groups is 1. The Bertz CT molecular complexity index is 293. The lowest BCUT2D eigenvalue weighted by molar-refractivity contribution is -0.132. The smallest absolute Gasteiger partial charge is 0.346 e. The van der Waals surface area contributed by atoms with E-state index in [1.54, 1.807) is 12.1 Å². The van der Waals surface area contributed by atoms with E-state index in [2.05, 4.69) is 0 Å². The van der Waals surface area contributed by atoms with Crippen LogP contribution < -0.4 is 0 Å². The standard InChI is InChI=1S/C11H15NO2/c1-11(5-3-2-4-6-11)7-9(8-12)10(13)14/h7H,2-6H2,1H3,(H,13,14)/b9-7-. The summed E-state index contributed by atoms with van der Waals surface area (Å²) in [5.41, 5.74) is -0.198. The fraction of sp³-hybridized carbons (Fsp3) is 0.636. The van der Waals surface area contributed by atoms with Crippen molar-refractivity contribution in [2.45, 2.75) is 39.0 Å². The van der Waals surface area contributed by atoms with Gasteiger partial charge in [-0.15, -0.1) is 0 Å². The Morgan fingerprint density at radius 3 is 2.43 bits per heavy atom. The molecule has 0 aromatic carbocycles. The van der Waals surface area contributed by atoms with E-state index in [0.717, 1.165) is 25.7 Å². The monoisotopic (exact) mass is 193 g/mol. The predicted molar refractivity (Wildman–Crippen MR) is 52.5 cm³/mol. The van der Waals surface area contributed by atoms with Gasteiger partial charge in [0, 0.05) is 0 Å². The Morgan fingerprint density at radius 2 is 2.00 bits per heavy atom. The van der Waals surface area contributed by atoms with E-state index in [1.165, 1.54) is 6.42 Å². The summed E-state index contributed by atoms with van der Waals surface area (Å²) in [6, 6.07) is 1.74. The average Bonchev–Trinajstić information content (AvgIpc) is 2.15. The normalized spacial score (nSPS) is 21.3. The van der Waals surface area contributed by atoms with Crippen molar-refractivity contribution in [3.05, 3.63) is 11.6 Å². The largest absolute Gasteiger partial charge is 0.477 e. The quantitative estimate of drug-likeness (QED) is 0.541. The first-order valence-electron chi connectivity index (χ1n) is 4.94. The van der Waals surface area contributed by atoms with Crippen molar-refractivity contribution in [3.63, 3.8) is 0 Å². The molecule has 0 amide bonds. The Hall–Kier alpha value is -1.30. The maximum Gasteiger partial charge on any atom is 0.346 e. The molecule has 1 rings (SSSR count). The molecule has 1 aliphatic rings. The van der Waals surface area contributed by atoms with Gasteiger partial charge in [-0.2, -0.15) is 5.26 Å². The van der Waals surface area contributed by atoms with E-state index < -0.39 is 5.97 Å². The van der Waals surface area contributed by atoms with Gasteiger partial charge in [0.1, 0.15) is 11.6 Å². The third kappa shape index (κ3) is 2.59. The minimum absolute atomic E-state index is 0.0816. The Kier molecular flexibility index (Phi) is 3.29. The summed E-state index contributed by atoms with van der Waals surface area (Å²) < 4.78 is 0. The van der Waals surface area contributed by atoms with Gasteiger partial charge < -0.3 is 5.11 Å². The summed E-state index contributed by atoms with van der Waals surface area (Å²) in [4.78, 5) is 10.7. The lowest BCUT2D eigenvalue weighted by Crippen LogP contribution is -2.19. The maximum atomic E-state index is 10.7. The fourth-order valence-electron chi connectivity index (χ4n) is 1.99. The summed E-state index contributed by atoms with van der Waals surface area (Å²) in [5.74, 6) is -1.11. The van der Waals surface area contributed by atoms with Crippen molar-refractivity contribution < 1.29 is 9.90 Å². The number of hydrogen-bond acceptors (Lipinski definition) is 2. The van der Waals surface area contributed by atoms with Gasteiger partial charge in [-0.3, -0.25) is 0 Å². The molecule has 0 atom stereocenters. The van der Waals surface area contributed by atoms with Gasteiger partial charge in [0.25, 0.3) is 0 Å². The van der Waals surface area contributed by atoms with Crippen LogP contribution in [0.25, 0.3) is 0 Å². The van der Waals surface area contributed by atoms with Crippen LogP contribution in [0.1, 0.15) is 39.0 Å². The van der Waals surface area contributed by atoms with Crippen molar-refractivity contribution in [3.8, 4) is 6.07 Å². The summed E-state index contributed by atoms with van der Waals surface area (Å²) in [7, 11) is 0. The highest BCUT2D eigenvalue weighted by molar-refractivity contribution is 5.91. The first kappa shape index (κ1) is 10.8. The molecule has 1 aliphatic carbocycles. The molecular weight excluding hydrogens is 178 g/mol. The lowest BCUT2D eigenvalue weighted by atomic mass is 9.75. The second kappa shape index (κ2) is 4.28. The van der Waals surface area contributed by atoms with Gasteiger partial charge in [-0.1, -0.05) is 32.3 Å². The highest BCUT2D eigenvalue weighted by Gasteiger charge is 2.26. The van der Waals surface area contributed by atoms with E-state index in [4.69, 9.17) is 10.4 Å². The van der Waals surface area contributed by atoms with Crippen LogP contribution in [0, 0.1) is 16.7 Å². The number of carboxylic acid groups (broad SMARTS) is 1. The number of carboxylic acids is 1. The van der Waals surface area contributed by atoms with E-state index in [0.29, 0.717) is 0 Å².